The van der Waals surface area contributed by atoms with Crippen LogP contribution in [0.4, 0.5) is 4.39 Å². The van der Waals surface area contributed by atoms with Gasteiger partial charge in [-0.1, -0.05) is 0 Å². The van der Waals surface area contributed by atoms with E-state index in [4.69, 9.17) is 0 Å². The summed E-state index contributed by atoms with van der Waals surface area (Å²) >= 11 is 1.71. The van der Waals surface area contributed by atoms with Crippen LogP contribution in [0.25, 0.3) is 0 Å². The molecule has 13 heavy (non-hydrogen) atoms. The average molecular weight is 200 g/mol. The summed E-state index contributed by atoms with van der Waals surface area (Å²) in [6.07, 6.45) is 1.02. The lowest BCUT2D eigenvalue weighted by Crippen LogP contribution is -2.32. The predicted octanol–water partition coefficient (Wildman–Crippen LogP) is 1.95. The van der Waals surface area contributed by atoms with Crippen LogP contribution in [-0.2, 0) is 6.42 Å². The zero-order valence-corrected chi connectivity index (χ0v) is 8.70. The van der Waals surface area contributed by atoms with Crippen molar-refractivity contribution in [3.63, 3.8) is 0 Å². The minimum Gasteiger partial charge on any atom is -0.295 e. The average Bonchev–Trinajstić information content (AvgIpc) is 2.45. The lowest BCUT2D eigenvalue weighted by molar-refractivity contribution is 0.189. The van der Waals surface area contributed by atoms with E-state index in [0.29, 0.717) is 0 Å². The molecule has 72 valence electrons. The molecule has 0 aromatic carbocycles. The van der Waals surface area contributed by atoms with E-state index in [2.05, 4.69) is 4.98 Å². The molecule has 0 N–H and O–H groups in total. The number of fused-ring (bicyclic) bond motifs is 1. The van der Waals surface area contributed by atoms with Crippen molar-refractivity contribution >= 4 is 11.3 Å². The molecule has 1 aliphatic heterocycles. The van der Waals surface area contributed by atoms with Gasteiger partial charge in [0, 0.05) is 11.4 Å². The van der Waals surface area contributed by atoms with E-state index in [1.54, 1.807) is 11.3 Å². The van der Waals surface area contributed by atoms with Crippen LogP contribution in [0.5, 0.6) is 0 Å². The van der Waals surface area contributed by atoms with Gasteiger partial charge in [0.05, 0.1) is 16.7 Å². The van der Waals surface area contributed by atoms with Gasteiger partial charge in [0.15, 0.2) is 0 Å². The Balaban J connectivity index is 2.38. The van der Waals surface area contributed by atoms with Gasteiger partial charge < -0.3 is 0 Å². The molecular weight excluding hydrogens is 187 g/mol. The number of aromatic nitrogens is 1. The summed E-state index contributed by atoms with van der Waals surface area (Å²) in [5.41, 5.74) is 0.971. The first-order chi connectivity index (χ1) is 6.22. The maximum atomic E-state index is 12.7. The van der Waals surface area contributed by atoms with E-state index < -0.39 is 0 Å². The molecule has 1 aliphatic rings. The highest BCUT2D eigenvalue weighted by atomic mass is 32.1. The van der Waals surface area contributed by atoms with Gasteiger partial charge in [-0.3, -0.25) is 4.90 Å². The molecule has 4 heteroatoms. The Morgan fingerprint density at radius 1 is 1.69 bits per heavy atom. The van der Waals surface area contributed by atoms with Crippen LogP contribution >= 0.6 is 11.3 Å². The third-order valence-electron chi connectivity index (χ3n) is 2.52. The second-order valence-electron chi connectivity index (χ2n) is 3.44. The summed E-state index contributed by atoms with van der Waals surface area (Å²) in [5.74, 6) is 0. The molecule has 0 aliphatic carbocycles. The number of rotatable bonds is 1. The highest BCUT2D eigenvalue weighted by molar-refractivity contribution is 7.11. The summed E-state index contributed by atoms with van der Waals surface area (Å²) < 4.78 is 12.7. The summed E-state index contributed by atoms with van der Waals surface area (Å²) in [4.78, 5) is 7.71. The lowest BCUT2D eigenvalue weighted by Gasteiger charge is -2.29. The molecule has 0 amide bonds. The lowest BCUT2D eigenvalue weighted by atomic mass is 10.1. The van der Waals surface area contributed by atoms with Crippen molar-refractivity contribution in [2.45, 2.75) is 19.4 Å². The van der Waals surface area contributed by atoms with Crippen LogP contribution in [0.1, 0.15) is 21.6 Å². The number of thiazole rings is 1. The number of halogens is 1. The first-order valence-electron chi connectivity index (χ1n) is 4.44. The van der Waals surface area contributed by atoms with Crippen LogP contribution in [-0.4, -0.2) is 30.2 Å². The Morgan fingerprint density at radius 2 is 2.46 bits per heavy atom. The summed E-state index contributed by atoms with van der Waals surface area (Å²) in [5, 5.41) is 1.05. The van der Waals surface area contributed by atoms with Crippen molar-refractivity contribution < 1.29 is 4.39 Å². The number of aryl methyl sites for hydroxylation is 1. The topological polar surface area (TPSA) is 16.1 Å². The molecular formula is C9H13FN2S. The van der Waals surface area contributed by atoms with Gasteiger partial charge in [-0.2, -0.15) is 0 Å². The van der Waals surface area contributed by atoms with E-state index in [-0.39, 0.29) is 12.7 Å². The van der Waals surface area contributed by atoms with Gasteiger partial charge in [-0.25, -0.2) is 9.37 Å². The Hall–Kier alpha value is -0.480. The second kappa shape index (κ2) is 3.35. The number of likely N-dealkylation sites (N-methyl/N-ethyl adjacent to an activating group) is 1. The Bertz CT molecular complexity index is 311. The molecule has 2 heterocycles. The Labute approximate surface area is 81.4 Å². The van der Waals surface area contributed by atoms with E-state index in [1.807, 2.05) is 18.9 Å². The zero-order chi connectivity index (χ0) is 9.42. The molecule has 2 nitrogen and oxygen atoms in total. The van der Waals surface area contributed by atoms with Gasteiger partial charge in [-0.05, 0) is 20.4 Å². The molecule has 0 bridgehead atoms. The maximum absolute atomic E-state index is 12.7. The highest BCUT2D eigenvalue weighted by Crippen LogP contribution is 2.31. The van der Waals surface area contributed by atoms with Gasteiger partial charge in [0.1, 0.15) is 6.67 Å². The van der Waals surface area contributed by atoms with E-state index in [0.717, 1.165) is 23.7 Å². The van der Waals surface area contributed by atoms with Crippen LogP contribution < -0.4 is 0 Å². The Kier molecular flexibility index (Phi) is 2.34. The highest BCUT2D eigenvalue weighted by Gasteiger charge is 2.27. The van der Waals surface area contributed by atoms with E-state index in [1.165, 1.54) is 4.88 Å². The van der Waals surface area contributed by atoms with Gasteiger partial charge >= 0.3 is 0 Å². The van der Waals surface area contributed by atoms with Crippen molar-refractivity contribution in [1.82, 2.24) is 9.88 Å². The van der Waals surface area contributed by atoms with Gasteiger partial charge in [-0.15, -0.1) is 11.3 Å². The maximum Gasteiger partial charge on any atom is 0.111 e. The normalized spacial score (nSPS) is 23.2. The standard InChI is InChI=1S/C9H13FN2S/c1-6-11-9-7(5-10)12(2)4-3-8(9)13-6/h7H,3-5H2,1-2H3. The quantitative estimate of drug-likeness (QED) is 0.689. The molecule has 0 saturated heterocycles. The molecule has 1 aromatic rings. The molecule has 1 aromatic heterocycles. The molecule has 0 saturated carbocycles. The summed E-state index contributed by atoms with van der Waals surface area (Å²) in [6.45, 7) is 2.61. The third-order valence-corrected chi connectivity index (χ3v) is 3.57. The fourth-order valence-electron chi connectivity index (χ4n) is 1.76. The van der Waals surface area contributed by atoms with Crippen LogP contribution in [0.3, 0.4) is 0 Å². The number of alkyl halides is 1. The molecule has 2 rings (SSSR count). The first kappa shape index (κ1) is 9.09. The van der Waals surface area contributed by atoms with Gasteiger partial charge in [0.25, 0.3) is 0 Å². The molecule has 0 fully saturated rings. The summed E-state index contributed by atoms with van der Waals surface area (Å²) in [6, 6.07) is -0.103. The van der Waals surface area contributed by atoms with Gasteiger partial charge in [0.2, 0.25) is 0 Å². The number of nitrogens with zero attached hydrogens (tertiary/aromatic N) is 2. The Morgan fingerprint density at radius 3 is 3.15 bits per heavy atom. The van der Waals surface area contributed by atoms with Crippen molar-refractivity contribution in [3.8, 4) is 0 Å². The van der Waals surface area contributed by atoms with E-state index >= 15 is 0 Å². The second-order valence-corrected chi connectivity index (χ2v) is 4.73. The summed E-state index contributed by atoms with van der Waals surface area (Å²) in [7, 11) is 1.96. The van der Waals surface area contributed by atoms with Crippen molar-refractivity contribution in [2.24, 2.45) is 0 Å². The monoisotopic (exact) mass is 200 g/mol. The van der Waals surface area contributed by atoms with E-state index in [9.17, 15) is 4.39 Å². The molecule has 1 atom stereocenters. The van der Waals surface area contributed by atoms with Crippen molar-refractivity contribution in [3.05, 3.63) is 15.6 Å². The largest absolute Gasteiger partial charge is 0.295 e. The minimum atomic E-state index is -0.327. The van der Waals surface area contributed by atoms with Crippen molar-refractivity contribution in [2.75, 3.05) is 20.3 Å². The molecule has 1 unspecified atom stereocenters. The smallest absolute Gasteiger partial charge is 0.111 e. The van der Waals surface area contributed by atoms with Crippen LogP contribution in [0, 0.1) is 6.92 Å². The number of hydrogen-bond donors (Lipinski definition) is 0. The zero-order valence-electron chi connectivity index (χ0n) is 7.88. The molecule has 0 radical (unpaired) electrons. The van der Waals surface area contributed by atoms with Crippen LogP contribution in [0.15, 0.2) is 0 Å². The predicted molar refractivity (Wildman–Crippen MR) is 51.9 cm³/mol. The number of hydrogen-bond acceptors (Lipinski definition) is 3. The minimum absolute atomic E-state index is 0.103. The fraction of sp³-hybridized carbons (Fsp3) is 0.667. The van der Waals surface area contributed by atoms with Crippen molar-refractivity contribution in [1.29, 1.82) is 0 Å². The fourth-order valence-corrected chi connectivity index (χ4v) is 2.74. The third kappa shape index (κ3) is 1.48. The molecule has 0 spiro atoms. The van der Waals surface area contributed by atoms with Crippen LogP contribution in [0.2, 0.25) is 0 Å². The first-order valence-corrected chi connectivity index (χ1v) is 5.26. The SMILES string of the molecule is Cc1nc2c(s1)CCN(C)C2CF.